The van der Waals surface area contributed by atoms with Gasteiger partial charge in [-0.3, -0.25) is 4.68 Å². The molecule has 0 amide bonds. The number of rotatable bonds is 5. The molecule has 1 heterocycles. The van der Waals surface area contributed by atoms with E-state index in [4.69, 9.17) is 15.3 Å². The lowest BCUT2D eigenvalue weighted by Gasteiger charge is -2.03. The molecule has 0 atom stereocenters. The monoisotopic (exact) mass is 415 g/mol. The Bertz CT molecular complexity index is 848. The fourth-order valence-corrected chi connectivity index (χ4v) is 2.44. The van der Waals surface area contributed by atoms with Crippen molar-refractivity contribution < 1.29 is 18.3 Å². The Hall–Kier alpha value is -3.50. The molecular weight excluding hydrogens is 388 g/mol. The summed E-state index contributed by atoms with van der Waals surface area (Å²) in [5.41, 5.74) is 7.95. The normalized spacial score (nSPS) is 9.20. The van der Waals surface area contributed by atoms with Crippen molar-refractivity contribution in [3.05, 3.63) is 71.9 Å². The van der Waals surface area contributed by atoms with Crippen LogP contribution >= 0.6 is 0 Å². The maximum atomic E-state index is 12.5. The molecule has 0 aliphatic carbocycles. The molecule has 0 spiro atoms. The summed E-state index contributed by atoms with van der Waals surface area (Å²) in [6.45, 7) is 2.74. The van der Waals surface area contributed by atoms with Crippen molar-refractivity contribution in [2.45, 2.75) is 12.8 Å². The second-order valence-electron chi connectivity index (χ2n) is 5.63. The predicted molar refractivity (Wildman–Crippen MR) is 116 cm³/mol. The molecular formula is C23H27F2N3O2. The number of aryl methyl sites for hydroxylation is 1. The average molecular weight is 415 g/mol. The highest BCUT2D eigenvalue weighted by molar-refractivity contribution is 5.61. The number of nitrogens with zero attached hydrogens (tertiary/aromatic N) is 2. The molecule has 160 valence electrons. The first-order valence-corrected chi connectivity index (χ1v) is 8.88. The standard InChI is InChI=1S/C12H12F2N2O.C8H11N.C2H2.CH2O/c1-16-11(7-10(15-16)12(13)14)8-3-5-9(17-2)6-4-8;9-7-6-8-4-2-1-3-5-8;2*1-2/h3-7,12H,1-2H3;1-5H,6-7,9H2;1-2H;1H2. The average Bonchev–Trinajstić information content (AvgIpc) is 3.20. The Morgan fingerprint density at radius 3 is 2.10 bits per heavy atom. The number of nitrogens with two attached hydrogens (primary N) is 1. The molecule has 0 aliphatic heterocycles. The van der Waals surface area contributed by atoms with Crippen LogP contribution in [0, 0.1) is 12.8 Å². The van der Waals surface area contributed by atoms with Gasteiger partial charge in [-0.1, -0.05) is 30.3 Å². The van der Waals surface area contributed by atoms with Crippen molar-refractivity contribution in [1.29, 1.82) is 0 Å². The zero-order valence-corrected chi connectivity index (χ0v) is 17.2. The number of terminal acetylenes is 1. The summed E-state index contributed by atoms with van der Waals surface area (Å²) in [7, 11) is 3.22. The minimum absolute atomic E-state index is 0.210. The fraction of sp³-hybridized carbons (Fsp3) is 0.217. The van der Waals surface area contributed by atoms with E-state index in [9.17, 15) is 8.78 Å². The number of alkyl halides is 2. The van der Waals surface area contributed by atoms with E-state index < -0.39 is 6.43 Å². The van der Waals surface area contributed by atoms with Crippen molar-refractivity contribution in [3.8, 4) is 29.9 Å². The number of benzene rings is 2. The van der Waals surface area contributed by atoms with Crippen LogP contribution in [0.2, 0.25) is 0 Å². The van der Waals surface area contributed by atoms with Crippen LogP contribution in [0.25, 0.3) is 11.3 Å². The minimum atomic E-state index is -2.55. The third kappa shape index (κ3) is 8.67. The molecule has 2 aromatic carbocycles. The lowest BCUT2D eigenvalue weighted by molar-refractivity contribution is -0.0980. The molecule has 1 aromatic heterocycles. The Kier molecular flexibility index (Phi) is 13.6. The number of hydrogen-bond acceptors (Lipinski definition) is 4. The molecule has 3 rings (SSSR count). The molecule has 30 heavy (non-hydrogen) atoms. The lowest BCUT2D eigenvalue weighted by atomic mass is 10.1. The Morgan fingerprint density at radius 2 is 1.67 bits per heavy atom. The topological polar surface area (TPSA) is 70.1 Å². The van der Waals surface area contributed by atoms with Crippen LogP contribution in [0.5, 0.6) is 5.75 Å². The second-order valence-corrected chi connectivity index (χ2v) is 5.63. The minimum Gasteiger partial charge on any atom is -0.497 e. The van der Waals surface area contributed by atoms with Gasteiger partial charge in [0.15, 0.2) is 0 Å². The van der Waals surface area contributed by atoms with Gasteiger partial charge in [0.2, 0.25) is 0 Å². The Morgan fingerprint density at radius 1 is 1.10 bits per heavy atom. The van der Waals surface area contributed by atoms with E-state index in [1.165, 1.54) is 16.3 Å². The van der Waals surface area contributed by atoms with Crippen molar-refractivity contribution in [1.82, 2.24) is 9.78 Å². The number of halogens is 2. The van der Waals surface area contributed by atoms with E-state index in [0.717, 1.165) is 24.3 Å². The summed E-state index contributed by atoms with van der Waals surface area (Å²) in [6.07, 6.45) is 6.44. The van der Waals surface area contributed by atoms with Crippen LogP contribution in [0.4, 0.5) is 8.78 Å². The van der Waals surface area contributed by atoms with E-state index >= 15 is 0 Å². The molecule has 2 N–H and O–H groups in total. The summed E-state index contributed by atoms with van der Waals surface area (Å²) in [5, 5.41) is 3.76. The van der Waals surface area contributed by atoms with Gasteiger partial charge >= 0.3 is 0 Å². The summed E-state index contributed by atoms with van der Waals surface area (Å²) in [4.78, 5) is 8.00. The molecule has 0 unspecified atom stereocenters. The molecule has 0 aliphatic rings. The maximum absolute atomic E-state index is 12.5. The largest absolute Gasteiger partial charge is 0.497 e. The molecule has 3 aromatic rings. The molecule has 0 saturated heterocycles. The van der Waals surface area contributed by atoms with E-state index in [0.29, 0.717) is 5.69 Å². The third-order valence-corrected chi connectivity index (χ3v) is 3.78. The van der Waals surface area contributed by atoms with Gasteiger partial charge in [0.25, 0.3) is 6.43 Å². The highest BCUT2D eigenvalue weighted by Crippen LogP contribution is 2.26. The van der Waals surface area contributed by atoms with Crippen molar-refractivity contribution in [2.75, 3.05) is 13.7 Å². The number of methoxy groups -OCH3 is 1. The summed E-state index contributed by atoms with van der Waals surface area (Å²) in [5.74, 6) is 0.727. The zero-order valence-electron chi connectivity index (χ0n) is 17.2. The first kappa shape index (κ1) is 26.5. The molecule has 0 saturated carbocycles. The second kappa shape index (κ2) is 15.4. The number of carbonyl (C=O) groups excluding carboxylic acids is 1. The maximum Gasteiger partial charge on any atom is 0.282 e. The van der Waals surface area contributed by atoms with Gasteiger partial charge in [-0.15, -0.1) is 12.8 Å². The Labute approximate surface area is 176 Å². The molecule has 0 bridgehead atoms. The SMILES string of the molecule is C#C.C=O.COc1ccc(-c2cc(C(F)F)nn2C)cc1.NCCc1ccccc1. The summed E-state index contributed by atoms with van der Waals surface area (Å²) < 4.78 is 31.5. The van der Waals surface area contributed by atoms with Gasteiger partial charge in [0.05, 0.1) is 12.8 Å². The van der Waals surface area contributed by atoms with Crippen LogP contribution in [-0.4, -0.2) is 30.2 Å². The predicted octanol–water partition coefficient (Wildman–Crippen LogP) is 4.29. The lowest BCUT2D eigenvalue weighted by Crippen LogP contribution is -2.01. The number of aromatic nitrogens is 2. The van der Waals surface area contributed by atoms with E-state index in [1.54, 1.807) is 26.3 Å². The number of hydrogen-bond donors (Lipinski definition) is 1. The number of ether oxygens (including phenoxy) is 1. The van der Waals surface area contributed by atoms with Crippen molar-refractivity contribution in [3.63, 3.8) is 0 Å². The Balaban J connectivity index is 0.000000547. The highest BCUT2D eigenvalue weighted by Gasteiger charge is 2.14. The van der Waals surface area contributed by atoms with E-state index in [2.05, 4.69) is 30.1 Å². The van der Waals surface area contributed by atoms with Crippen LogP contribution in [0.3, 0.4) is 0 Å². The van der Waals surface area contributed by atoms with Gasteiger partial charge in [0, 0.05) is 12.6 Å². The zero-order chi connectivity index (χ0) is 22.9. The summed E-state index contributed by atoms with van der Waals surface area (Å²) in [6, 6.07) is 18.8. The molecule has 0 radical (unpaired) electrons. The number of carbonyl (C=O) groups is 1. The van der Waals surface area contributed by atoms with Gasteiger partial charge in [0.1, 0.15) is 18.2 Å². The first-order valence-electron chi connectivity index (χ1n) is 8.88. The molecule has 5 nitrogen and oxygen atoms in total. The van der Waals surface area contributed by atoms with Crippen LogP contribution in [0.15, 0.2) is 60.7 Å². The third-order valence-electron chi connectivity index (χ3n) is 3.78. The van der Waals surface area contributed by atoms with Gasteiger partial charge in [-0.2, -0.15) is 5.10 Å². The quantitative estimate of drug-likeness (QED) is 0.632. The van der Waals surface area contributed by atoms with Crippen molar-refractivity contribution >= 4 is 6.79 Å². The van der Waals surface area contributed by atoms with Crippen LogP contribution in [-0.2, 0) is 18.3 Å². The van der Waals surface area contributed by atoms with E-state index in [1.807, 2.05) is 37.1 Å². The first-order chi connectivity index (χ1) is 14.5. The fourth-order valence-electron chi connectivity index (χ4n) is 2.44. The molecule has 0 fully saturated rings. The molecule has 7 heteroatoms. The van der Waals surface area contributed by atoms with E-state index in [-0.39, 0.29) is 5.69 Å². The van der Waals surface area contributed by atoms with Crippen molar-refractivity contribution in [2.24, 2.45) is 12.8 Å². The van der Waals surface area contributed by atoms with Crippen LogP contribution < -0.4 is 10.5 Å². The van der Waals surface area contributed by atoms with Crippen LogP contribution in [0.1, 0.15) is 17.7 Å². The summed E-state index contributed by atoms with van der Waals surface area (Å²) >= 11 is 0. The smallest absolute Gasteiger partial charge is 0.282 e. The highest BCUT2D eigenvalue weighted by atomic mass is 19.3. The van der Waals surface area contributed by atoms with Gasteiger partial charge < -0.3 is 15.3 Å². The van der Waals surface area contributed by atoms with Gasteiger partial charge in [-0.25, -0.2) is 8.78 Å². The van der Waals surface area contributed by atoms with Gasteiger partial charge in [-0.05, 0) is 48.9 Å².